The summed E-state index contributed by atoms with van der Waals surface area (Å²) in [5.74, 6) is -0.944. The molecule has 1 saturated heterocycles. The number of ether oxygens (including phenoxy) is 1. The van der Waals surface area contributed by atoms with E-state index >= 15 is 0 Å². The molecule has 2 rings (SSSR count). The number of anilines is 2. The molecule has 4 N–H and O–H groups in total. The fraction of sp³-hybridized carbons (Fsp3) is 0.500. The Kier molecular flexibility index (Phi) is 5.20. The number of aromatic carboxylic acids is 1. The molecule has 0 aromatic heterocycles. The maximum Gasteiger partial charge on any atom is 0.337 e. The van der Waals surface area contributed by atoms with Crippen LogP contribution in [0.1, 0.15) is 16.8 Å². The number of morpholine rings is 1. The summed E-state index contributed by atoms with van der Waals surface area (Å²) in [6.07, 6.45) is 0.952. The zero-order chi connectivity index (χ0) is 14.4. The van der Waals surface area contributed by atoms with Crippen LogP contribution in [0.2, 0.25) is 0 Å². The lowest BCUT2D eigenvalue weighted by Gasteiger charge is -2.26. The smallest absolute Gasteiger partial charge is 0.337 e. The molecule has 6 nitrogen and oxygen atoms in total. The predicted molar refractivity (Wildman–Crippen MR) is 78.2 cm³/mol. The minimum atomic E-state index is -0.944. The minimum Gasteiger partial charge on any atom is -0.478 e. The SMILES string of the molecule is Nc1ccc(C(=O)O)c(NCCCN2CCOCC2)c1. The fourth-order valence-electron chi connectivity index (χ4n) is 2.25. The lowest BCUT2D eigenvalue weighted by molar-refractivity contribution is 0.0378. The summed E-state index contributed by atoms with van der Waals surface area (Å²) in [5.41, 5.74) is 7.09. The van der Waals surface area contributed by atoms with Gasteiger partial charge in [-0.2, -0.15) is 0 Å². The number of carboxylic acids is 1. The van der Waals surface area contributed by atoms with E-state index in [4.69, 9.17) is 15.6 Å². The van der Waals surface area contributed by atoms with E-state index in [0.29, 0.717) is 11.4 Å². The van der Waals surface area contributed by atoms with Crippen molar-refractivity contribution in [3.8, 4) is 0 Å². The maximum absolute atomic E-state index is 11.1. The fourth-order valence-corrected chi connectivity index (χ4v) is 2.25. The maximum atomic E-state index is 11.1. The number of hydrogen-bond donors (Lipinski definition) is 3. The summed E-state index contributed by atoms with van der Waals surface area (Å²) >= 11 is 0. The topological polar surface area (TPSA) is 87.8 Å². The molecule has 1 aromatic rings. The molecule has 0 atom stereocenters. The summed E-state index contributed by atoms with van der Waals surface area (Å²) in [7, 11) is 0. The Hall–Kier alpha value is -1.79. The highest BCUT2D eigenvalue weighted by Crippen LogP contribution is 2.19. The molecule has 1 aromatic carbocycles. The van der Waals surface area contributed by atoms with Crippen molar-refractivity contribution in [3.63, 3.8) is 0 Å². The van der Waals surface area contributed by atoms with E-state index in [-0.39, 0.29) is 5.56 Å². The molecule has 1 aliphatic rings. The van der Waals surface area contributed by atoms with Crippen LogP contribution in [-0.4, -0.2) is 55.4 Å². The number of hydrogen-bond acceptors (Lipinski definition) is 5. The average Bonchev–Trinajstić information content (AvgIpc) is 2.44. The van der Waals surface area contributed by atoms with E-state index < -0.39 is 5.97 Å². The Morgan fingerprint density at radius 1 is 1.40 bits per heavy atom. The van der Waals surface area contributed by atoms with Gasteiger partial charge in [-0.3, -0.25) is 4.90 Å². The van der Waals surface area contributed by atoms with Crippen molar-refractivity contribution in [2.75, 3.05) is 50.4 Å². The Balaban J connectivity index is 1.81. The molecular formula is C14H21N3O3. The number of nitrogens with one attached hydrogen (secondary N) is 1. The zero-order valence-corrected chi connectivity index (χ0v) is 11.5. The van der Waals surface area contributed by atoms with E-state index in [0.717, 1.165) is 45.8 Å². The number of nitrogens with two attached hydrogens (primary N) is 1. The van der Waals surface area contributed by atoms with Gasteiger partial charge in [0.2, 0.25) is 0 Å². The van der Waals surface area contributed by atoms with Crippen molar-refractivity contribution in [1.29, 1.82) is 0 Å². The molecule has 0 bridgehead atoms. The number of rotatable bonds is 6. The summed E-state index contributed by atoms with van der Waals surface area (Å²) < 4.78 is 5.29. The van der Waals surface area contributed by atoms with Gasteiger partial charge in [-0.25, -0.2) is 4.79 Å². The van der Waals surface area contributed by atoms with Crippen LogP contribution in [0.3, 0.4) is 0 Å². The highest BCUT2D eigenvalue weighted by Gasteiger charge is 2.11. The van der Waals surface area contributed by atoms with Gasteiger partial charge < -0.3 is 20.9 Å². The Morgan fingerprint density at radius 3 is 2.85 bits per heavy atom. The molecule has 0 spiro atoms. The van der Waals surface area contributed by atoms with Gasteiger partial charge in [-0.05, 0) is 31.2 Å². The number of nitrogen functional groups attached to an aromatic ring is 1. The first kappa shape index (κ1) is 14.6. The second kappa shape index (κ2) is 7.12. The molecule has 20 heavy (non-hydrogen) atoms. The van der Waals surface area contributed by atoms with Gasteiger partial charge in [-0.1, -0.05) is 0 Å². The van der Waals surface area contributed by atoms with Gasteiger partial charge in [0.25, 0.3) is 0 Å². The lowest BCUT2D eigenvalue weighted by Crippen LogP contribution is -2.37. The van der Waals surface area contributed by atoms with Crippen LogP contribution in [0.4, 0.5) is 11.4 Å². The Labute approximate surface area is 118 Å². The van der Waals surface area contributed by atoms with Gasteiger partial charge in [0.15, 0.2) is 0 Å². The normalized spacial score (nSPS) is 16.0. The third-order valence-electron chi connectivity index (χ3n) is 3.34. The molecule has 0 amide bonds. The van der Waals surface area contributed by atoms with Crippen LogP contribution >= 0.6 is 0 Å². The number of carboxylic acid groups (broad SMARTS) is 1. The third-order valence-corrected chi connectivity index (χ3v) is 3.34. The highest BCUT2D eigenvalue weighted by molar-refractivity contribution is 5.95. The molecule has 0 radical (unpaired) electrons. The monoisotopic (exact) mass is 279 g/mol. The minimum absolute atomic E-state index is 0.255. The molecule has 0 aliphatic carbocycles. The van der Waals surface area contributed by atoms with Gasteiger partial charge in [0, 0.05) is 25.3 Å². The van der Waals surface area contributed by atoms with Crippen LogP contribution in [0.25, 0.3) is 0 Å². The van der Waals surface area contributed by atoms with E-state index in [1.807, 2.05) is 0 Å². The second-order valence-electron chi connectivity index (χ2n) is 4.84. The van der Waals surface area contributed by atoms with Crippen molar-refractivity contribution < 1.29 is 14.6 Å². The van der Waals surface area contributed by atoms with Gasteiger partial charge in [0.05, 0.1) is 24.5 Å². The van der Waals surface area contributed by atoms with Crippen LogP contribution in [0, 0.1) is 0 Å². The molecule has 1 aliphatic heterocycles. The van der Waals surface area contributed by atoms with Gasteiger partial charge >= 0.3 is 5.97 Å². The number of benzene rings is 1. The molecule has 0 unspecified atom stereocenters. The Bertz CT molecular complexity index is 459. The van der Waals surface area contributed by atoms with Crippen molar-refractivity contribution >= 4 is 17.3 Å². The van der Waals surface area contributed by atoms with Gasteiger partial charge in [-0.15, -0.1) is 0 Å². The average molecular weight is 279 g/mol. The summed E-state index contributed by atoms with van der Waals surface area (Å²) in [6.45, 7) is 5.25. The van der Waals surface area contributed by atoms with Crippen LogP contribution < -0.4 is 11.1 Å². The molecule has 1 heterocycles. The summed E-state index contributed by atoms with van der Waals surface area (Å²) in [6, 6.07) is 4.79. The third kappa shape index (κ3) is 4.11. The van der Waals surface area contributed by atoms with Crippen LogP contribution in [0.5, 0.6) is 0 Å². The largest absolute Gasteiger partial charge is 0.478 e. The first-order valence-corrected chi connectivity index (χ1v) is 6.83. The van der Waals surface area contributed by atoms with Gasteiger partial charge in [0.1, 0.15) is 0 Å². The first-order chi connectivity index (χ1) is 9.66. The lowest BCUT2D eigenvalue weighted by atomic mass is 10.1. The van der Waals surface area contributed by atoms with Crippen molar-refractivity contribution in [2.24, 2.45) is 0 Å². The molecule has 1 fully saturated rings. The van der Waals surface area contributed by atoms with E-state index in [1.54, 1.807) is 12.1 Å². The first-order valence-electron chi connectivity index (χ1n) is 6.83. The van der Waals surface area contributed by atoms with Crippen LogP contribution in [-0.2, 0) is 4.74 Å². The van der Waals surface area contributed by atoms with E-state index in [1.165, 1.54) is 6.07 Å². The quantitative estimate of drug-likeness (QED) is 0.534. The van der Waals surface area contributed by atoms with Crippen LogP contribution in [0.15, 0.2) is 18.2 Å². The molecule has 110 valence electrons. The molecule has 0 saturated carbocycles. The predicted octanol–water partition coefficient (Wildman–Crippen LogP) is 1.10. The Morgan fingerprint density at radius 2 is 2.15 bits per heavy atom. The second-order valence-corrected chi connectivity index (χ2v) is 4.84. The van der Waals surface area contributed by atoms with Crippen molar-refractivity contribution in [2.45, 2.75) is 6.42 Å². The van der Waals surface area contributed by atoms with Crippen molar-refractivity contribution in [3.05, 3.63) is 23.8 Å². The molecular weight excluding hydrogens is 258 g/mol. The molecule has 6 heteroatoms. The standard InChI is InChI=1S/C14H21N3O3/c15-11-2-3-12(14(18)19)13(10-11)16-4-1-5-17-6-8-20-9-7-17/h2-3,10,16H,1,4-9,15H2,(H,18,19). The van der Waals surface area contributed by atoms with Crippen molar-refractivity contribution in [1.82, 2.24) is 4.90 Å². The summed E-state index contributed by atoms with van der Waals surface area (Å²) in [4.78, 5) is 13.5. The highest BCUT2D eigenvalue weighted by atomic mass is 16.5. The summed E-state index contributed by atoms with van der Waals surface area (Å²) in [5, 5.41) is 12.3. The van der Waals surface area contributed by atoms with E-state index in [9.17, 15) is 4.79 Å². The number of carbonyl (C=O) groups is 1. The zero-order valence-electron chi connectivity index (χ0n) is 11.5. The number of nitrogens with zero attached hydrogens (tertiary/aromatic N) is 1. The van der Waals surface area contributed by atoms with E-state index in [2.05, 4.69) is 10.2 Å².